The molecule has 2 aromatic rings. The van der Waals surface area contributed by atoms with E-state index in [1.165, 1.54) is 5.56 Å². The minimum absolute atomic E-state index is 0.0149. The Kier molecular flexibility index (Phi) is 5.25. The van der Waals surface area contributed by atoms with Crippen LogP contribution in [0.1, 0.15) is 41.2 Å². The molecule has 2 aliphatic heterocycles. The Bertz CT molecular complexity index is 955. The first-order chi connectivity index (χ1) is 15.0. The zero-order chi connectivity index (χ0) is 21.4. The third kappa shape index (κ3) is 4.08. The fraction of sp³-hybridized carbons (Fsp3) is 0.417. The summed E-state index contributed by atoms with van der Waals surface area (Å²) in [6.45, 7) is 2.92. The van der Waals surface area contributed by atoms with Crippen molar-refractivity contribution in [3.63, 3.8) is 0 Å². The summed E-state index contributed by atoms with van der Waals surface area (Å²) in [4.78, 5) is 28.6. The number of piperazine rings is 1. The second kappa shape index (κ2) is 8.07. The molecular weight excluding hydrogens is 392 g/mol. The molecule has 0 bridgehead atoms. The first kappa shape index (κ1) is 20.2. The van der Waals surface area contributed by atoms with Crippen molar-refractivity contribution in [1.29, 1.82) is 0 Å². The molecule has 2 amide bonds. The lowest BCUT2D eigenvalue weighted by Gasteiger charge is -2.35. The molecule has 2 saturated heterocycles. The van der Waals surface area contributed by atoms with E-state index in [-0.39, 0.29) is 11.8 Å². The van der Waals surface area contributed by atoms with Crippen LogP contribution in [0.3, 0.4) is 0 Å². The normalized spacial score (nSPS) is 22.4. The molecule has 3 fully saturated rings. The molecular formula is C24H28N4O3. The van der Waals surface area contributed by atoms with Crippen LogP contribution in [0, 0.1) is 0 Å². The minimum atomic E-state index is -1.13. The van der Waals surface area contributed by atoms with Gasteiger partial charge >= 0.3 is 0 Å². The molecule has 5 rings (SSSR count). The number of nitrogens with zero attached hydrogens (tertiary/aromatic N) is 2. The van der Waals surface area contributed by atoms with Gasteiger partial charge in [-0.15, -0.1) is 0 Å². The van der Waals surface area contributed by atoms with Crippen LogP contribution in [0.15, 0.2) is 48.5 Å². The Balaban J connectivity index is 1.20. The standard InChI is InChI=1S/C24H28N4O3/c29-22(27-13-15-28(16-14-27)23(30)24(31)10-11-24)20-7-3-18(4-8-20)17-1-5-19(6-2-17)21-9-12-25-26-21/h1-8,21,25-26,31H,9-16H2. The smallest absolute Gasteiger partial charge is 0.254 e. The Morgan fingerprint density at radius 2 is 1.45 bits per heavy atom. The minimum Gasteiger partial charge on any atom is -0.380 e. The van der Waals surface area contributed by atoms with Gasteiger partial charge in [0.15, 0.2) is 0 Å². The van der Waals surface area contributed by atoms with E-state index < -0.39 is 5.60 Å². The van der Waals surface area contributed by atoms with Gasteiger partial charge in [0.05, 0.1) is 0 Å². The van der Waals surface area contributed by atoms with Gasteiger partial charge in [-0.3, -0.25) is 20.4 Å². The number of hydrogen-bond donors (Lipinski definition) is 3. The van der Waals surface area contributed by atoms with Crippen molar-refractivity contribution < 1.29 is 14.7 Å². The molecule has 2 aromatic carbocycles. The van der Waals surface area contributed by atoms with Crippen LogP contribution < -0.4 is 10.9 Å². The Morgan fingerprint density at radius 3 is 2.00 bits per heavy atom. The molecule has 162 valence electrons. The number of aliphatic hydroxyl groups is 1. The van der Waals surface area contributed by atoms with E-state index in [0.29, 0.717) is 50.6 Å². The second-order valence-electron chi connectivity index (χ2n) is 8.73. The van der Waals surface area contributed by atoms with Crippen molar-refractivity contribution in [3.8, 4) is 11.1 Å². The first-order valence-corrected chi connectivity index (χ1v) is 11.0. The first-order valence-electron chi connectivity index (χ1n) is 11.0. The van der Waals surface area contributed by atoms with Gasteiger partial charge in [-0.05, 0) is 48.1 Å². The largest absolute Gasteiger partial charge is 0.380 e. The van der Waals surface area contributed by atoms with E-state index in [4.69, 9.17) is 0 Å². The van der Waals surface area contributed by atoms with Gasteiger partial charge in [-0.1, -0.05) is 36.4 Å². The Labute approximate surface area is 182 Å². The molecule has 0 aromatic heterocycles. The van der Waals surface area contributed by atoms with E-state index >= 15 is 0 Å². The van der Waals surface area contributed by atoms with Crippen LogP contribution in [-0.4, -0.2) is 65.0 Å². The maximum absolute atomic E-state index is 12.9. The highest BCUT2D eigenvalue weighted by Crippen LogP contribution is 2.37. The zero-order valence-corrected chi connectivity index (χ0v) is 17.5. The van der Waals surface area contributed by atoms with Crippen molar-refractivity contribution in [2.45, 2.75) is 30.9 Å². The molecule has 0 spiro atoms. The predicted molar refractivity (Wildman–Crippen MR) is 117 cm³/mol. The molecule has 7 heteroatoms. The van der Waals surface area contributed by atoms with Crippen molar-refractivity contribution in [2.75, 3.05) is 32.7 Å². The highest BCUT2D eigenvalue weighted by molar-refractivity contribution is 5.95. The molecule has 1 saturated carbocycles. The van der Waals surface area contributed by atoms with Crippen molar-refractivity contribution in [3.05, 3.63) is 59.7 Å². The lowest BCUT2D eigenvalue weighted by Crippen LogP contribution is -2.53. The molecule has 2 heterocycles. The molecule has 0 radical (unpaired) electrons. The topological polar surface area (TPSA) is 84.9 Å². The highest BCUT2D eigenvalue weighted by Gasteiger charge is 2.50. The fourth-order valence-corrected chi connectivity index (χ4v) is 4.37. The van der Waals surface area contributed by atoms with Gasteiger partial charge in [0.25, 0.3) is 11.8 Å². The van der Waals surface area contributed by atoms with Crippen LogP contribution >= 0.6 is 0 Å². The molecule has 7 nitrogen and oxygen atoms in total. The third-order valence-electron chi connectivity index (χ3n) is 6.59. The van der Waals surface area contributed by atoms with Crippen molar-refractivity contribution >= 4 is 11.8 Å². The number of amides is 2. The fourth-order valence-electron chi connectivity index (χ4n) is 4.37. The quantitative estimate of drug-likeness (QED) is 0.701. The van der Waals surface area contributed by atoms with Crippen molar-refractivity contribution in [2.24, 2.45) is 0 Å². The number of carbonyl (C=O) groups is 2. The van der Waals surface area contributed by atoms with Gasteiger partial charge in [0.1, 0.15) is 5.60 Å². The zero-order valence-electron chi connectivity index (χ0n) is 17.5. The SMILES string of the molecule is O=C(c1ccc(-c2ccc(C3CCNN3)cc2)cc1)N1CCN(C(=O)C2(O)CC2)CC1. The van der Waals surface area contributed by atoms with E-state index in [2.05, 4.69) is 35.1 Å². The van der Waals surface area contributed by atoms with Crippen LogP contribution in [0.4, 0.5) is 0 Å². The van der Waals surface area contributed by atoms with E-state index in [9.17, 15) is 14.7 Å². The highest BCUT2D eigenvalue weighted by atomic mass is 16.3. The molecule has 3 aliphatic rings. The summed E-state index contributed by atoms with van der Waals surface area (Å²) in [5, 5.41) is 10.0. The number of hydrogen-bond acceptors (Lipinski definition) is 5. The van der Waals surface area contributed by atoms with Crippen LogP contribution in [0.25, 0.3) is 11.1 Å². The summed E-state index contributed by atoms with van der Waals surface area (Å²) in [5.74, 6) is -0.200. The summed E-state index contributed by atoms with van der Waals surface area (Å²) in [6.07, 6.45) is 2.18. The van der Waals surface area contributed by atoms with Crippen LogP contribution in [-0.2, 0) is 4.79 Å². The summed E-state index contributed by atoms with van der Waals surface area (Å²) < 4.78 is 0. The van der Waals surface area contributed by atoms with Crippen LogP contribution in [0.2, 0.25) is 0 Å². The van der Waals surface area contributed by atoms with Gasteiger partial charge in [0, 0.05) is 44.3 Å². The number of carbonyl (C=O) groups excluding carboxylic acids is 2. The van der Waals surface area contributed by atoms with E-state index in [1.54, 1.807) is 9.80 Å². The molecule has 1 aliphatic carbocycles. The average molecular weight is 421 g/mol. The lowest BCUT2D eigenvalue weighted by atomic mass is 9.99. The van der Waals surface area contributed by atoms with Gasteiger partial charge in [0.2, 0.25) is 0 Å². The van der Waals surface area contributed by atoms with Crippen LogP contribution in [0.5, 0.6) is 0 Å². The summed E-state index contributed by atoms with van der Waals surface area (Å²) in [7, 11) is 0. The number of benzene rings is 2. The van der Waals surface area contributed by atoms with E-state index in [1.807, 2.05) is 24.3 Å². The summed E-state index contributed by atoms with van der Waals surface area (Å²) in [6, 6.07) is 16.6. The molecule has 1 atom stereocenters. The van der Waals surface area contributed by atoms with Gasteiger partial charge in [-0.2, -0.15) is 0 Å². The number of nitrogens with one attached hydrogen (secondary N) is 2. The average Bonchev–Trinajstić information content (AvgIpc) is 3.34. The van der Waals surface area contributed by atoms with E-state index in [0.717, 1.165) is 24.1 Å². The van der Waals surface area contributed by atoms with Gasteiger partial charge < -0.3 is 14.9 Å². The summed E-state index contributed by atoms with van der Waals surface area (Å²) in [5.41, 5.74) is 9.43. The summed E-state index contributed by atoms with van der Waals surface area (Å²) >= 11 is 0. The van der Waals surface area contributed by atoms with Crippen molar-refractivity contribution in [1.82, 2.24) is 20.7 Å². The molecule has 1 unspecified atom stereocenters. The van der Waals surface area contributed by atoms with Gasteiger partial charge in [-0.25, -0.2) is 0 Å². The third-order valence-corrected chi connectivity index (χ3v) is 6.59. The predicted octanol–water partition coefficient (Wildman–Crippen LogP) is 1.70. The Hall–Kier alpha value is -2.74. The number of rotatable bonds is 4. The molecule has 31 heavy (non-hydrogen) atoms. The maximum Gasteiger partial charge on any atom is 0.254 e. The number of hydrazine groups is 1. The Morgan fingerprint density at radius 1 is 0.871 bits per heavy atom. The second-order valence-corrected chi connectivity index (χ2v) is 8.73. The monoisotopic (exact) mass is 420 g/mol. The lowest BCUT2D eigenvalue weighted by molar-refractivity contribution is -0.143. The maximum atomic E-state index is 12.9. The molecule has 3 N–H and O–H groups in total.